The number of aryl methyl sites for hydroxylation is 1. The molecule has 3 rings (SSSR count). The zero-order valence-electron chi connectivity index (χ0n) is 16.9. The van der Waals surface area contributed by atoms with Crippen molar-refractivity contribution in [2.24, 2.45) is 11.1 Å². The fourth-order valence-corrected chi connectivity index (χ4v) is 6.08. The Morgan fingerprint density at radius 3 is 2.45 bits per heavy atom. The third-order valence-electron chi connectivity index (χ3n) is 5.23. The minimum Gasteiger partial charge on any atom is -0.326 e. The molecule has 1 saturated heterocycles. The SMILES string of the molecule is CCc1ccc(NC(=O)C2CCCN(S(=O)(=O)c3ccc(Cl)cc3)C2)cc1S(N)(=O)=O. The second-order valence-electron chi connectivity index (χ2n) is 7.37. The third kappa shape index (κ3) is 5.45. The summed E-state index contributed by atoms with van der Waals surface area (Å²) in [6, 6.07) is 10.4. The van der Waals surface area contributed by atoms with Crippen molar-refractivity contribution in [3.63, 3.8) is 0 Å². The predicted molar refractivity (Wildman–Crippen MR) is 119 cm³/mol. The van der Waals surface area contributed by atoms with Gasteiger partial charge >= 0.3 is 0 Å². The average Bonchev–Trinajstić information content (AvgIpc) is 2.73. The smallest absolute Gasteiger partial charge is 0.243 e. The van der Waals surface area contributed by atoms with Crippen molar-refractivity contribution < 1.29 is 21.6 Å². The summed E-state index contributed by atoms with van der Waals surface area (Å²) in [6.45, 7) is 2.15. The van der Waals surface area contributed by atoms with E-state index >= 15 is 0 Å². The molecule has 0 aromatic heterocycles. The van der Waals surface area contributed by atoms with Crippen LogP contribution in [0, 0.1) is 5.92 Å². The topological polar surface area (TPSA) is 127 Å². The van der Waals surface area contributed by atoms with Gasteiger partial charge in [-0.15, -0.1) is 0 Å². The highest BCUT2D eigenvalue weighted by atomic mass is 35.5. The van der Waals surface area contributed by atoms with Crippen molar-refractivity contribution in [2.75, 3.05) is 18.4 Å². The maximum absolute atomic E-state index is 12.9. The number of nitrogens with zero attached hydrogens (tertiary/aromatic N) is 1. The maximum atomic E-state index is 12.9. The van der Waals surface area contributed by atoms with Crippen molar-refractivity contribution in [3.8, 4) is 0 Å². The monoisotopic (exact) mass is 485 g/mol. The van der Waals surface area contributed by atoms with Gasteiger partial charge in [-0.05, 0) is 61.2 Å². The first-order chi connectivity index (χ1) is 14.5. The zero-order valence-corrected chi connectivity index (χ0v) is 19.3. The van der Waals surface area contributed by atoms with Crippen LogP contribution in [0.5, 0.6) is 0 Å². The number of amides is 1. The number of primary sulfonamides is 1. The Morgan fingerprint density at radius 2 is 1.84 bits per heavy atom. The number of carbonyl (C=O) groups is 1. The van der Waals surface area contributed by atoms with Gasteiger partial charge in [-0.25, -0.2) is 22.0 Å². The normalized spacial score (nSPS) is 18.0. The highest BCUT2D eigenvalue weighted by Crippen LogP contribution is 2.26. The van der Waals surface area contributed by atoms with E-state index in [9.17, 15) is 21.6 Å². The Balaban J connectivity index is 1.76. The molecule has 8 nitrogen and oxygen atoms in total. The molecule has 11 heteroatoms. The molecule has 1 fully saturated rings. The van der Waals surface area contributed by atoms with E-state index in [2.05, 4.69) is 5.32 Å². The molecule has 1 unspecified atom stereocenters. The predicted octanol–water partition coefficient (Wildman–Crippen LogP) is 2.59. The van der Waals surface area contributed by atoms with Crippen molar-refractivity contribution >= 4 is 43.2 Å². The first-order valence-electron chi connectivity index (χ1n) is 9.74. The Bertz CT molecular complexity index is 1180. The molecule has 168 valence electrons. The van der Waals surface area contributed by atoms with Gasteiger partial charge in [0.05, 0.1) is 15.7 Å². The Hall–Kier alpha value is -1.98. The number of hydrogen-bond acceptors (Lipinski definition) is 5. The third-order valence-corrected chi connectivity index (χ3v) is 8.35. The van der Waals surface area contributed by atoms with Crippen LogP contribution in [-0.2, 0) is 31.3 Å². The van der Waals surface area contributed by atoms with E-state index in [1.54, 1.807) is 19.1 Å². The summed E-state index contributed by atoms with van der Waals surface area (Å²) in [4.78, 5) is 12.9. The molecule has 1 amide bonds. The fraction of sp³-hybridized carbons (Fsp3) is 0.350. The van der Waals surface area contributed by atoms with E-state index in [0.29, 0.717) is 42.1 Å². The van der Waals surface area contributed by atoms with Gasteiger partial charge in [0.1, 0.15) is 0 Å². The molecule has 0 radical (unpaired) electrons. The highest BCUT2D eigenvalue weighted by molar-refractivity contribution is 7.89. The van der Waals surface area contributed by atoms with Crippen molar-refractivity contribution in [2.45, 2.75) is 36.0 Å². The number of piperidine rings is 1. The minimum absolute atomic E-state index is 0.0336. The Labute approximate surface area is 187 Å². The quantitative estimate of drug-likeness (QED) is 0.650. The molecule has 31 heavy (non-hydrogen) atoms. The molecule has 0 saturated carbocycles. The van der Waals surface area contributed by atoms with Crippen LogP contribution in [0.25, 0.3) is 0 Å². The highest BCUT2D eigenvalue weighted by Gasteiger charge is 2.33. The molecule has 2 aromatic rings. The number of nitrogens with two attached hydrogens (primary N) is 1. The zero-order chi connectivity index (χ0) is 22.8. The van der Waals surface area contributed by atoms with E-state index in [4.69, 9.17) is 16.7 Å². The maximum Gasteiger partial charge on any atom is 0.243 e. The molecule has 1 aliphatic heterocycles. The van der Waals surface area contributed by atoms with Gasteiger partial charge in [-0.3, -0.25) is 4.79 Å². The number of anilines is 1. The first kappa shape index (κ1) is 23.7. The first-order valence-corrected chi connectivity index (χ1v) is 13.1. The van der Waals surface area contributed by atoms with Crippen LogP contribution in [0.2, 0.25) is 5.02 Å². The van der Waals surface area contributed by atoms with E-state index in [0.717, 1.165) is 0 Å². The summed E-state index contributed by atoms with van der Waals surface area (Å²) in [5.74, 6) is -0.944. The number of carbonyl (C=O) groups excluding carboxylic acids is 1. The molecule has 1 aliphatic rings. The van der Waals surface area contributed by atoms with Crippen LogP contribution in [0.1, 0.15) is 25.3 Å². The number of sulfonamides is 2. The lowest BCUT2D eigenvalue weighted by molar-refractivity contribution is -0.120. The van der Waals surface area contributed by atoms with Gasteiger partial charge in [0.2, 0.25) is 26.0 Å². The number of halogens is 1. The van der Waals surface area contributed by atoms with Crippen LogP contribution in [0.15, 0.2) is 52.3 Å². The van der Waals surface area contributed by atoms with Gasteiger partial charge in [0, 0.05) is 23.8 Å². The fourth-order valence-electron chi connectivity index (χ4n) is 3.56. The minimum atomic E-state index is -3.94. The van der Waals surface area contributed by atoms with Crippen molar-refractivity contribution in [1.29, 1.82) is 0 Å². The molecule has 2 aromatic carbocycles. The van der Waals surface area contributed by atoms with Gasteiger partial charge in [-0.1, -0.05) is 24.6 Å². The lowest BCUT2D eigenvalue weighted by Gasteiger charge is -2.31. The van der Waals surface area contributed by atoms with Crippen LogP contribution in [0.3, 0.4) is 0 Å². The van der Waals surface area contributed by atoms with E-state index in [1.807, 2.05) is 0 Å². The van der Waals surface area contributed by atoms with Gasteiger partial charge in [0.15, 0.2) is 0 Å². The number of nitrogens with one attached hydrogen (secondary N) is 1. The molecule has 1 atom stereocenters. The Kier molecular flexibility index (Phi) is 7.07. The largest absolute Gasteiger partial charge is 0.326 e. The van der Waals surface area contributed by atoms with E-state index in [1.165, 1.54) is 34.6 Å². The van der Waals surface area contributed by atoms with E-state index < -0.39 is 26.0 Å². The summed E-state index contributed by atoms with van der Waals surface area (Å²) in [5.41, 5.74) is 0.849. The van der Waals surface area contributed by atoms with Crippen molar-refractivity contribution in [1.82, 2.24) is 4.31 Å². The van der Waals surface area contributed by atoms with Gasteiger partial charge in [-0.2, -0.15) is 4.31 Å². The lowest BCUT2D eigenvalue weighted by atomic mass is 9.98. The number of hydrogen-bond donors (Lipinski definition) is 2. The van der Waals surface area contributed by atoms with Crippen LogP contribution >= 0.6 is 11.6 Å². The Morgan fingerprint density at radius 1 is 1.16 bits per heavy atom. The van der Waals surface area contributed by atoms with Crippen LogP contribution in [-0.4, -0.2) is 40.1 Å². The van der Waals surface area contributed by atoms with Crippen LogP contribution in [0.4, 0.5) is 5.69 Å². The van der Waals surface area contributed by atoms with E-state index in [-0.39, 0.29) is 22.2 Å². The molecular formula is C20H24ClN3O5S2. The molecular weight excluding hydrogens is 462 g/mol. The second kappa shape index (κ2) is 9.25. The molecule has 3 N–H and O–H groups in total. The lowest BCUT2D eigenvalue weighted by Crippen LogP contribution is -2.43. The standard InChI is InChI=1S/C20H24ClN3O5S2/c1-2-14-5-8-17(12-19(14)30(22,26)27)23-20(25)15-4-3-11-24(13-15)31(28,29)18-9-6-16(21)7-10-18/h5-10,12,15H,2-4,11,13H2,1H3,(H,23,25)(H2,22,26,27). The van der Waals surface area contributed by atoms with Crippen LogP contribution < -0.4 is 10.5 Å². The number of benzene rings is 2. The summed E-state index contributed by atoms with van der Waals surface area (Å²) in [7, 11) is -7.69. The van der Waals surface area contributed by atoms with Gasteiger partial charge in [0.25, 0.3) is 0 Å². The average molecular weight is 486 g/mol. The van der Waals surface area contributed by atoms with Crippen molar-refractivity contribution in [3.05, 3.63) is 53.1 Å². The summed E-state index contributed by atoms with van der Waals surface area (Å²) in [6.07, 6.45) is 1.52. The summed E-state index contributed by atoms with van der Waals surface area (Å²) in [5, 5.41) is 8.41. The second-order valence-corrected chi connectivity index (χ2v) is 11.3. The molecule has 1 heterocycles. The van der Waals surface area contributed by atoms with Gasteiger partial charge < -0.3 is 5.32 Å². The molecule has 0 bridgehead atoms. The summed E-state index contributed by atoms with van der Waals surface area (Å²) >= 11 is 5.84. The number of rotatable bonds is 6. The summed E-state index contributed by atoms with van der Waals surface area (Å²) < 4.78 is 50.8. The molecule has 0 spiro atoms. The molecule has 0 aliphatic carbocycles.